The lowest BCUT2D eigenvalue weighted by Gasteiger charge is -2.20. The van der Waals surface area contributed by atoms with E-state index < -0.39 is 11.9 Å². The molecule has 1 aliphatic rings. The highest BCUT2D eigenvalue weighted by Gasteiger charge is 2.21. The van der Waals surface area contributed by atoms with Gasteiger partial charge >= 0.3 is 5.97 Å². The van der Waals surface area contributed by atoms with Crippen molar-refractivity contribution in [3.63, 3.8) is 0 Å². The number of aromatic carboxylic acids is 1. The summed E-state index contributed by atoms with van der Waals surface area (Å²) in [5.74, 6) is -1.45. The van der Waals surface area contributed by atoms with Gasteiger partial charge < -0.3 is 19.7 Å². The molecule has 148 valence electrons. The summed E-state index contributed by atoms with van der Waals surface area (Å²) >= 11 is 0. The molecule has 3 rings (SSSR count). The van der Waals surface area contributed by atoms with Crippen LogP contribution in [0.1, 0.15) is 69.6 Å². The Bertz CT molecular complexity index is 861. The monoisotopic (exact) mass is 384 g/mol. The molecule has 1 aromatic carbocycles. The molecule has 2 aromatic rings. The maximum Gasteiger partial charge on any atom is 0.339 e. The average Bonchev–Trinajstić information content (AvgIpc) is 2.96. The zero-order valence-corrected chi connectivity index (χ0v) is 15.9. The number of aryl methyl sites for hydroxylation is 1. The van der Waals surface area contributed by atoms with Crippen molar-refractivity contribution >= 4 is 23.5 Å². The summed E-state index contributed by atoms with van der Waals surface area (Å²) in [6.45, 7) is 3.32. The largest absolute Gasteiger partial charge is 0.478 e. The van der Waals surface area contributed by atoms with Gasteiger partial charge in [-0.1, -0.05) is 19.8 Å². The highest BCUT2D eigenvalue weighted by molar-refractivity contribution is 6.04. The van der Waals surface area contributed by atoms with E-state index in [1.807, 2.05) is 4.90 Å². The Labute approximate surface area is 163 Å². The van der Waals surface area contributed by atoms with Gasteiger partial charge in [-0.3, -0.25) is 9.59 Å². The Hall–Kier alpha value is -3.09. The SMILES string of the molecule is CCc1oc(C(=O)Nc2ccc(C(=O)N3CCCCCC3)cc2)cc1C(=O)O. The summed E-state index contributed by atoms with van der Waals surface area (Å²) in [6.07, 6.45) is 4.75. The number of carboxylic acid groups (broad SMARTS) is 1. The number of carboxylic acids is 1. The minimum Gasteiger partial charge on any atom is -0.478 e. The van der Waals surface area contributed by atoms with Crippen LogP contribution in [0.5, 0.6) is 0 Å². The van der Waals surface area contributed by atoms with Crippen LogP contribution in [0.4, 0.5) is 5.69 Å². The first-order chi connectivity index (χ1) is 13.5. The molecule has 2 N–H and O–H groups in total. The van der Waals surface area contributed by atoms with Gasteiger partial charge in [0.2, 0.25) is 0 Å². The van der Waals surface area contributed by atoms with Crippen LogP contribution >= 0.6 is 0 Å². The fourth-order valence-corrected chi connectivity index (χ4v) is 3.33. The van der Waals surface area contributed by atoms with E-state index in [4.69, 9.17) is 9.52 Å². The number of carbonyl (C=O) groups is 3. The first-order valence-corrected chi connectivity index (χ1v) is 9.56. The van der Waals surface area contributed by atoms with E-state index in [0.29, 0.717) is 17.7 Å². The molecule has 1 saturated heterocycles. The minimum absolute atomic E-state index is 0.00417. The molecular weight excluding hydrogens is 360 g/mol. The predicted octanol–water partition coefficient (Wildman–Crippen LogP) is 3.81. The topological polar surface area (TPSA) is 99.9 Å². The molecule has 0 bridgehead atoms. The van der Waals surface area contributed by atoms with Crippen molar-refractivity contribution < 1.29 is 23.9 Å². The maximum absolute atomic E-state index is 12.6. The summed E-state index contributed by atoms with van der Waals surface area (Å²) in [6, 6.07) is 7.92. The Balaban J connectivity index is 1.67. The van der Waals surface area contributed by atoms with Crippen molar-refractivity contribution in [2.24, 2.45) is 0 Å². The van der Waals surface area contributed by atoms with Gasteiger partial charge in [0.1, 0.15) is 11.3 Å². The number of furan rings is 1. The van der Waals surface area contributed by atoms with E-state index >= 15 is 0 Å². The maximum atomic E-state index is 12.6. The molecule has 7 nitrogen and oxygen atoms in total. The number of likely N-dealkylation sites (tertiary alicyclic amines) is 1. The Morgan fingerprint density at radius 2 is 1.71 bits per heavy atom. The Morgan fingerprint density at radius 3 is 2.25 bits per heavy atom. The molecule has 0 saturated carbocycles. The van der Waals surface area contributed by atoms with E-state index in [-0.39, 0.29) is 23.0 Å². The normalized spacial score (nSPS) is 14.4. The van der Waals surface area contributed by atoms with Gasteiger partial charge in [-0.25, -0.2) is 4.79 Å². The number of nitrogens with one attached hydrogen (secondary N) is 1. The van der Waals surface area contributed by atoms with Crippen molar-refractivity contribution in [3.05, 3.63) is 53.0 Å². The Morgan fingerprint density at radius 1 is 1.07 bits per heavy atom. The quantitative estimate of drug-likeness (QED) is 0.816. The van der Waals surface area contributed by atoms with Crippen molar-refractivity contribution in [1.29, 1.82) is 0 Å². The molecule has 1 fully saturated rings. The molecule has 0 aliphatic carbocycles. The molecule has 28 heavy (non-hydrogen) atoms. The lowest BCUT2D eigenvalue weighted by Crippen LogP contribution is -2.31. The van der Waals surface area contributed by atoms with E-state index in [0.717, 1.165) is 38.8 Å². The number of nitrogens with zero attached hydrogens (tertiary/aromatic N) is 1. The summed E-state index contributed by atoms with van der Waals surface area (Å²) < 4.78 is 5.36. The van der Waals surface area contributed by atoms with Gasteiger partial charge in [0.25, 0.3) is 11.8 Å². The standard InChI is InChI=1S/C21H24N2O5/c1-2-17-16(21(26)27)13-18(28-17)19(24)22-15-9-7-14(8-10-15)20(25)23-11-5-3-4-6-12-23/h7-10,13H,2-6,11-12H2,1H3,(H,22,24)(H,26,27). The molecule has 2 amide bonds. The van der Waals surface area contributed by atoms with E-state index in [1.165, 1.54) is 6.07 Å². The molecule has 0 spiro atoms. The van der Waals surface area contributed by atoms with Crippen LogP contribution < -0.4 is 5.32 Å². The zero-order valence-electron chi connectivity index (χ0n) is 15.9. The molecular formula is C21H24N2O5. The smallest absolute Gasteiger partial charge is 0.339 e. The zero-order chi connectivity index (χ0) is 20.1. The lowest BCUT2D eigenvalue weighted by molar-refractivity contribution is 0.0693. The van der Waals surface area contributed by atoms with Gasteiger partial charge in [-0.2, -0.15) is 0 Å². The average molecular weight is 384 g/mol. The number of carbonyl (C=O) groups excluding carboxylic acids is 2. The number of hydrogen-bond donors (Lipinski definition) is 2. The van der Waals surface area contributed by atoms with Gasteiger partial charge in [0.05, 0.1) is 0 Å². The fraction of sp³-hybridized carbons (Fsp3) is 0.381. The third kappa shape index (κ3) is 4.42. The van der Waals surface area contributed by atoms with Gasteiger partial charge in [0, 0.05) is 36.8 Å². The summed E-state index contributed by atoms with van der Waals surface area (Å²) in [4.78, 5) is 38.0. The second-order valence-corrected chi connectivity index (χ2v) is 6.84. The van der Waals surface area contributed by atoms with Crippen LogP contribution in [-0.4, -0.2) is 40.9 Å². The molecule has 2 heterocycles. The molecule has 0 radical (unpaired) electrons. The van der Waals surface area contributed by atoms with Crippen LogP contribution in [0, 0.1) is 0 Å². The highest BCUT2D eigenvalue weighted by Crippen LogP contribution is 2.19. The van der Waals surface area contributed by atoms with Crippen LogP contribution in [-0.2, 0) is 6.42 Å². The van der Waals surface area contributed by atoms with E-state index in [9.17, 15) is 14.4 Å². The van der Waals surface area contributed by atoms with Crippen molar-refractivity contribution in [3.8, 4) is 0 Å². The second-order valence-electron chi connectivity index (χ2n) is 6.84. The third-order valence-electron chi connectivity index (χ3n) is 4.87. The van der Waals surface area contributed by atoms with Crippen LogP contribution in [0.25, 0.3) is 0 Å². The summed E-state index contributed by atoms with van der Waals surface area (Å²) in [7, 11) is 0. The lowest BCUT2D eigenvalue weighted by atomic mass is 10.1. The van der Waals surface area contributed by atoms with E-state index in [2.05, 4.69) is 5.32 Å². The van der Waals surface area contributed by atoms with Crippen LogP contribution in [0.2, 0.25) is 0 Å². The van der Waals surface area contributed by atoms with Gasteiger partial charge in [-0.15, -0.1) is 0 Å². The first kappa shape index (κ1) is 19.7. The van der Waals surface area contributed by atoms with Crippen LogP contribution in [0.3, 0.4) is 0 Å². The van der Waals surface area contributed by atoms with Crippen molar-refractivity contribution in [2.75, 3.05) is 18.4 Å². The van der Waals surface area contributed by atoms with Gasteiger partial charge in [0.15, 0.2) is 5.76 Å². The molecule has 7 heteroatoms. The number of amides is 2. The first-order valence-electron chi connectivity index (χ1n) is 9.56. The number of benzene rings is 1. The Kier molecular flexibility index (Phi) is 6.13. The summed E-state index contributed by atoms with van der Waals surface area (Å²) in [5.41, 5.74) is 1.08. The highest BCUT2D eigenvalue weighted by atomic mass is 16.4. The molecule has 0 unspecified atom stereocenters. The van der Waals surface area contributed by atoms with Gasteiger partial charge in [-0.05, 0) is 37.1 Å². The summed E-state index contributed by atoms with van der Waals surface area (Å²) in [5, 5.41) is 11.8. The number of hydrogen-bond acceptors (Lipinski definition) is 4. The number of rotatable bonds is 5. The molecule has 1 aliphatic heterocycles. The van der Waals surface area contributed by atoms with Crippen LogP contribution in [0.15, 0.2) is 34.7 Å². The van der Waals surface area contributed by atoms with E-state index in [1.54, 1.807) is 31.2 Å². The number of anilines is 1. The molecule has 1 aromatic heterocycles. The van der Waals surface area contributed by atoms with Crippen molar-refractivity contribution in [2.45, 2.75) is 39.0 Å². The van der Waals surface area contributed by atoms with Crippen molar-refractivity contribution in [1.82, 2.24) is 4.90 Å². The minimum atomic E-state index is -1.13. The molecule has 0 atom stereocenters. The third-order valence-corrected chi connectivity index (χ3v) is 4.87. The predicted molar refractivity (Wildman–Crippen MR) is 104 cm³/mol. The fourth-order valence-electron chi connectivity index (χ4n) is 3.33. The second kappa shape index (κ2) is 8.73.